The number of nitrogens with zero attached hydrogens (tertiary/aromatic N) is 1. The number of fused-ring (bicyclic) bond motifs is 1. The molecule has 0 atom stereocenters. The molecule has 164 valence electrons. The number of benzene rings is 3. The molecule has 0 saturated heterocycles. The Morgan fingerprint density at radius 1 is 1.00 bits per heavy atom. The van der Waals surface area contributed by atoms with Gasteiger partial charge in [0.15, 0.2) is 5.13 Å². The average molecular weight is 469 g/mol. The van der Waals surface area contributed by atoms with Crippen LogP contribution in [0.5, 0.6) is 5.75 Å². The predicted octanol–water partition coefficient (Wildman–Crippen LogP) is 5.06. The molecule has 2 amide bonds. The molecule has 0 fully saturated rings. The highest BCUT2D eigenvalue weighted by Crippen LogP contribution is 2.32. The number of ether oxygens (including phenoxy) is 1. The number of amides is 2. The van der Waals surface area contributed by atoms with Gasteiger partial charge in [0.1, 0.15) is 5.75 Å². The molecule has 8 nitrogen and oxygen atoms in total. The first-order valence-corrected chi connectivity index (χ1v) is 11.9. The van der Waals surface area contributed by atoms with Crippen molar-refractivity contribution in [3.63, 3.8) is 0 Å². The van der Waals surface area contributed by atoms with Crippen LogP contribution in [0.15, 0.2) is 71.6 Å². The largest absolute Gasteiger partial charge is 0.495 e. The molecule has 1 aromatic heterocycles. The molecule has 0 unspecified atom stereocenters. The van der Waals surface area contributed by atoms with E-state index in [9.17, 15) is 13.2 Å². The zero-order valence-corrected chi connectivity index (χ0v) is 18.9. The van der Waals surface area contributed by atoms with Crippen molar-refractivity contribution in [2.24, 2.45) is 0 Å². The Kier molecular flexibility index (Phi) is 5.97. The summed E-state index contributed by atoms with van der Waals surface area (Å²) in [6.45, 7) is 1.85. The van der Waals surface area contributed by atoms with Crippen LogP contribution in [0, 0.1) is 6.92 Å². The summed E-state index contributed by atoms with van der Waals surface area (Å²) in [6, 6.07) is 18.3. The fourth-order valence-corrected chi connectivity index (χ4v) is 5.36. The molecule has 0 bridgehead atoms. The zero-order chi connectivity index (χ0) is 22.7. The zero-order valence-electron chi connectivity index (χ0n) is 17.2. The average Bonchev–Trinajstić information content (AvgIpc) is 3.17. The molecule has 0 aliphatic carbocycles. The molecule has 0 aliphatic heterocycles. The molecular formula is C22H20N4O4S2. The maximum atomic E-state index is 12.6. The van der Waals surface area contributed by atoms with Crippen molar-refractivity contribution >= 4 is 54.1 Å². The van der Waals surface area contributed by atoms with Crippen molar-refractivity contribution in [1.29, 1.82) is 0 Å². The Labute approximate surface area is 189 Å². The van der Waals surface area contributed by atoms with E-state index in [1.54, 1.807) is 48.5 Å². The monoisotopic (exact) mass is 468 g/mol. The highest BCUT2D eigenvalue weighted by Gasteiger charge is 2.17. The van der Waals surface area contributed by atoms with Crippen LogP contribution >= 0.6 is 11.3 Å². The SMILES string of the molecule is COc1ccccc1NC(=O)Nc1cc(C)c2nc(NS(=O)(=O)c3ccccc3)sc2c1. The number of methoxy groups -OCH3 is 1. The molecule has 3 aromatic carbocycles. The summed E-state index contributed by atoms with van der Waals surface area (Å²) in [7, 11) is -2.21. The van der Waals surface area contributed by atoms with Crippen LogP contribution in [0.2, 0.25) is 0 Å². The summed E-state index contributed by atoms with van der Waals surface area (Å²) in [5, 5.41) is 5.80. The van der Waals surface area contributed by atoms with E-state index >= 15 is 0 Å². The second kappa shape index (κ2) is 8.85. The number of aryl methyl sites for hydroxylation is 1. The van der Waals surface area contributed by atoms with E-state index in [2.05, 4.69) is 20.3 Å². The van der Waals surface area contributed by atoms with Crippen LogP contribution in [0.25, 0.3) is 10.2 Å². The lowest BCUT2D eigenvalue weighted by Crippen LogP contribution is -2.19. The Bertz CT molecular complexity index is 1390. The minimum Gasteiger partial charge on any atom is -0.495 e. The van der Waals surface area contributed by atoms with Crippen LogP contribution in [0.3, 0.4) is 0 Å². The predicted molar refractivity (Wildman–Crippen MR) is 127 cm³/mol. The van der Waals surface area contributed by atoms with Crippen LogP contribution in [0.4, 0.5) is 21.3 Å². The van der Waals surface area contributed by atoms with Gasteiger partial charge in [0.25, 0.3) is 10.0 Å². The number of anilines is 3. The van der Waals surface area contributed by atoms with Gasteiger partial charge < -0.3 is 15.4 Å². The third-order valence-electron chi connectivity index (χ3n) is 4.57. The van der Waals surface area contributed by atoms with Gasteiger partial charge in [0.2, 0.25) is 0 Å². The Hall–Kier alpha value is -3.63. The van der Waals surface area contributed by atoms with Gasteiger partial charge in [-0.3, -0.25) is 4.72 Å². The number of rotatable bonds is 6. The van der Waals surface area contributed by atoms with Gasteiger partial charge in [-0.15, -0.1) is 0 Å². The molecule has 1 heterocycles. The number of sulfonamides is 1. The Balaban J connectivity index is 1.54. The van der Waals surface area contributed by atoms with Crippen molar-refractivity contribution < 1.29 is 17.9 Å². The number of para-hydroxylation sites is 2. The van der Waals surface area contributed by atoms with E-state index in [4.69, 9.17) is 4.74 Å². The number of urea groups is 1. The quantitative estimate of drug-likeness (QED) is 0.366. The molecule has 4 aromatic rings. The number of nitrogens with one attached hydrogen (secondary N) is 3. The molecule has 0 spiro atoms. The van der Waals surface area contributed by atoms with E-state index in [0.29, 0.717) is 22.6 Å². The summed E-state index contributed by atoms with van der Waals surface area (Å²) in [5.41, 5.74) is 2.57. The lowest BCUT2D eigenvalue weighted by molar-refractivity contribution is 0.262. The van der Waals surface area contributed by atoms with Gasteiger partial charge >= 0.3 is 6.03 Å². The number of thiazole rings is 1. The molecule has 0 radical (unpaired) electrons. The second-order valence-corrected chi connectivity index (χ2v) is 9.57. The first-order valence-electron chi connectivity index (χ1n) is 9.56. The fourth-order valence-electron chi connectivity index (χ4n) is 3.12. The van der Waals surface area contributed by atoms with E-state index in [-0.39, 0.29) is 10.0 Å². The summed E-state index contributed by atoms with van der Waals surface area (Å²) in [4.78, 5) is 17.0. The molecular weight excluding hydrogens is 448 g/mol. The molecule has 4 rings (SSSR count). The van der Waals surface area contributed by atoms with Crippen molar-refractivity contribution in [1.82, 2.24) is 4.98 Å². The topological polar surface area (TPSA) is 109 Å². The third kappa shape index (κ3) is 4.66. The second-order valence-electron chi connectivity index (χ2n) is 6.86. The first-order chi connectivity index (χ1) is 15.4. The number of aromatic nitrogens is 1. The Morgan fingerprint density at radius 3 is 2.47 bits per heavy atom. The van der Waals surface area contributed by atoms with Crippen molar-refractivity contribution in [2.45, 2.75) is 11.8 Å². The van der Waals surface area contributed by atoms with Crippen molar-refractivity contribution in [2.75, 3.05) is 22.5 Å². The minimum absolute atomic E-state index is 0.159. The maximum absolute atomic E-state index is 12.6. The summed E-state index contributed by atoms with van der Waals surface area (Å²) >= 11 is 1.19. The number of hydrogen-bond acceptors (Lipinski definition) is 6. The van der Waals surface area contributed by atoms with E-state index in [1.807, 2.05) is 13.0 Å². The summed E-state index contributed by atoms with van der Waals surface area (Å²) in [6.07, 6.45) is 0. The number of carbonyl (C=O) groups excluding carboxylic acids is 1. The lowest BCUT2D eigenvalue weighted by Gasteiger charge is -2.11. The first kappa shape index (κ1) is 21.6. The summed E-state index contributed by atoms with van der Waals surface area (Å²) < 4.78 is 33.7. The maximum Gasteiger partial charge on any atom is 0.323 e. The van der Waals surface area contributed by atoms with Crippen molar-refractivity contribution in [3.8, 4) is 5.75 Å². The normalized spacial score (nSPS) is 11.2. The van der Waals surface area contributed by atoms with Crippen LogP contribution < -0.4 is 20.1 Å². The standard InChI is InChI=1S/C22H20N4O4S2/c1-14-12-15(23-21(27)24-17-10-6-7-11-18(17)30-2)13-19-20(14)25-22(31-19)26-32(28,29)16-8-4-3-5-9-16/h3-13H,1-2H3,(H,25,26)(H2,23,24,27). The number of carbonyl (C=O) groups is 1. The molecule has 0 aliphatic rings. The van der Waals surface area contributed by atoms with Crippen molar-refractivity contribution in [3.05, 3.63) is 72.3 Å². The van der Waals surface area contributed by atoms with Gasteiger partial charge in [-0.1, -0.05) is 41.7 Å². The van der Waals surface area contributed by atoms with Gasteiger partial charge in [-0.05, 0) is 48.9 Å². The molecule has 32 heavy (non-hydrogen) atoms. The smallest absolute Gasteiger partial charge is 0.323 e. The number of hydrogen-bond donors (Lipinski definition) is 3. The van der Waals surface area contributed by atoms with Crippen LogP contribution in [-0.4, -0.2) is 26.5 Å². The minimum atomic E-state index is -3.74. The van der Waals surface area contributed by atoms with Gasteiger partial charge in [0, 0.05) is 5.69 Å². The van der Waals surface area contributed by atoms with E-state index in [1.165, 1.54) is 30.6 Å². The van der Waals surface area contributed by atoms with Gasteiger partial charge in [-0.25, -0.2) is 18.2 Å². The summed E-state index contributed by atoms with van der Waals surface area (Å²) in [5.74, 6) is 0.548. The van der Waals surface area contributed by atoms with E-state index in [0.717, 1.165) is 10.3 Å². The third-order valence-corrected chi connectivity index (χ3v) is 6.98. The molecule has 10 heteroatoms. The molecule has 3 N–H and O–H groups in total. The van der Waals surface area contributed by atoms with E-state index < -0.39 is 16.1 Å². The lowest BCUT2D eigenvalue weighted by atomic mass is 10.2. The van der Waals surface area contributed by atoms with Gasteiger partial charge in [-0.2, -0.15) is 0 Å². The highest BCUT2D eigenvalue weighted by atomic mass is 32.2. The molecule has 0 saturated carbocycles. The Morgan fingerprint density at radius 2 is 1.72 bits per heavy atom. The van der Waals surface area contributed by atoms with Crippen LogP contribution in [-0.2, 0) is 10.0 Å². The van der Waals surface area contributed by atoms with Gasteiger partial charge in [0.05, 0.1) is 27.9 Å². The fraction of sp³-hybridized carbons (Fsp3) is 0.0909. The van der Waals surface area contributed by atoms with Crippen LogP contribution in [0.1, 0.15) is 5.56 Å². The highest BCUT2D eigenvalue weighted by molar-refractivity contribution is 7.93.